The first-order valence-corrected chi connectivity index (χ1v) is 9.34. The largest absolute Gasteiger partial charge is 0.0628 e. The van der Waals surface area contributed by atoms with E-state index in [9.17, 15) is 0 Å². The first-order chi connectivity index (χ1) is 9.05. The fourth-order valence-corrected chi connectivity index (χ4v) is 5.53. The van der Waals surface area contributed by atoms with E-state index >= 15 is 0 Å². The fourth-order valence-electron chi connectivity index (χ4n) is 2.48. The van der Waals surface area contributed by atoms with Gasteiger partial charge in [-0.3, -0.25) is 0 Å². The lowest BCUT2D eigenvalue weighted by molar-refractivity contribution is 0.724. The van der Waals surface area contributed by atoms with E-state index in [0.717, 1.165) is 0 Å². The Labute approximate surface area is 119 Å². The molecule has 0 aliphatic carbocycles. The van der Waals surface area contributed by atoms with Gasteiger partial charge >= 0.3 is 0 Å². The molecule has 0 saturated heterocycles. The van der Waals surface area contributed by atoms with Crippen molar-refractivity contribution in [3.8, 4) is 0 Å². The molecule has 19 heavy (non-hydrogen) atoms. The van der Waals surface area contributed by atoms with E-state index in [1.807, 2.05) is 0 Å². The van der Waals surface area contributed by atoms with Crippen molar-refractivity contribution in [3.05, 3.63) is 71.8 Å². The van der Waals surface area contributed by atoms with Gasteiger partial charge < -0.3 is 0 Å². The van der Waals surface area contributed by atoms with Crippen LogP contribution in [0, 0.1) is 0 Å². The zero-order valence-electron chi connectivity index (χ0n) is 12.3. The molecular weight excluding hydrogens is 244 g/mol. The molecule has 0 aliphatic rings. The van der Waals surface area contributed by atoms with Crippen molar-refractivity contribution in [2.75, 3.05) is 0 Å². The highest BCUT2D eigenvalue weighted by Gasteiger charge is 2.26. The molecule has 0 saturated carbocycles. The van der Waals surface area contributed by atoms with Crippen LogP contribution >= 0.6 is 0 Å². The summed E-state index contributed by atoms with van der Waals surface area (Å²) < 4.78 is 0. The van der Waals surface area contributed by atoms with Gasteiger partial charge in [0.2, 0.25) is 0 Å². The molecule has 2 aromatic rings. The second kappa shape index (κ2) is 6.20. The number of benzene rings is 2. The summed E-state index contributed by atoms with van der Waals surface area (Å²) in [6.45, 7) is 7.24. The van der Waals surface area contributed by atoms with E-state index in [-0.39, 0.29) is 0 Å². The molecular formula is C18H24Si. The van der Waals surface area contributed by atoms with Crippen LogP contribution in [-0.4, -0.2) is 8.80 Å². The summed E-state index contributed by atoms with van der Waals surface area (Å²) in [7, 11) is -0.875. The maximum Gasteiger partial charge on any atom is 0.0510 e. The molecule has 0 amide bonds. The Morgan fingerprint density at radius 3 is 1.37 bits per heavy atom. The zero-order valence-corrected chi connectivity index (χ0v) is 13.4. The fraction of sp³-hybridized carbons (Fsp3) is 0.333. The van der Waals surface area contributed by atoms with E-state index in [1.165, 1.54) is 23.2 Å². The van der Waals surface area contributed by atoms with E-state index in [4.69, 9.17) is 0 Å². The SMILES string of the molecule is CC(C)(C)[SiH](Cc1ccccc1)Cc1ccccc1. The highest BCUT2D eigenvalue weighted by molar-refractivity contribution is 6.61. The van der Waals surface area contributed by atoms with Crippen molar-refractivity contribution in [2.24, 2.45) is 0 Å². The van der Waals surface area contributed by atoms with E-state index in [1.54, 1.807) is 0 Å². The minimum absolute atomic E-state index is 0.464. The van der Waals surface area contributed by atoms with Crippen molar-refractivity contribution in [3.63, 3.8) is 0 Å². The average Bonchev–Trinajstić information content (AvgIpc) is 2.39. The second-order valence-corrected chi connectivity index (χ2v) is 10.4. The van der Waals surface area contributed by atoms with Crippen LogP contribution in [0.1, 0.15) is 31.9 Å². The van der Waals surface area contributed by atoms with Crippen molar-refractivity contribution in [2.45, 2.75) is 37.9 Å². The third-order valence-corrected chi connectivity index (χ3v) is 8.25. The minimum atomic E-state index is -0.875. The zero-order chi connectivity index (χ0) is 13.7. The van der Waals surface area contributed by atoms with Crippen LogP contribution in [0.25, 0.3) is 0 Å². The number of hydrogen-bond acceptors (Lipinski definition) is 0. The Bertz CT molecular complexity index is 441. The first-order valence-electron chi connectivity index (χ1n) is 7.13. The van der Waals surface area contributed by atoms with Gasteiger partial charge in [-0.25, -0.2) is 0 Å². The van der Waals surface area contributed by atoms with Crippen LogP contribution in [-0.2, 0) is 12.1 Å². The summed E-state index contributed by atoms with van der Waals surface area (Å²) in [4.78, 5) is 0. The molecule has 0 fully saturated rings. The Kier molecular flexibility index (Phi) is 4.59. The highest BCUT2D eigenvalue weighted by atomic mass is 28.3. The Morgan fingerprint density at radius 2 is 1.05 bits per heavy atom. The summed E-state index contributed by atoms with van der Waals surface area (Å²) in [5.41, 5.74) is 3.01. The Morgan fingerprint density at radius 1 is 0.684 bits per heavy atom. The molecule has 0 spiro atoms. The first kappa shape index (κ1) is 14.1. The molecule has 2 rings (SSSR count). The van der Waals surface area contributed by atoms with Crippen molar-refractivity contribution < 1.29 is 0 Å². The molecule has 0 unspecified atom stereocenters. The van der Waals surface area contributed by atoms with E-state index in [2.05, 4.69) is 81.4 Å². The van der Waals surface area contributed by atoms with E-state index in [0.29, 0.717) is 5.04 Å². The van der Waals surface area contributed by atoms with Crippen molar-refractivity contribution >= 4 is 8.80 Å². The molecule has 1 heteroatoms. The molecule has 0 atom stereocenters. The minimum Gasteiger partial charge on any atom is -0.0628 e. The summed E-state index contributed by atoms with van der Waals surface area (Å²) in [6, 6.07) is 24.5. The van der Waals surface area contributed by atoms with Crippen molar-refractivity contribution in [1.82, 2.24) is 0 Å². The van der Waals surface area contributed by atoms with Gasteiger partial charge in [0.15, 0.2) is 0 Å². The van der Waals surface area contributed by atoms with Gasteiger partial charge in [0, 0.05) is 0 Å². The van der Waals surface area contributed by atoms with Crippen LogP contribution in [0.15, 0.2) is 60.7 Å². The van der Waals surface area contributed by atoms with E-state index < -0.39 is 8.80 Å². The molecule has 0 aromatic heterocycles. The summed E-state index contributed by atoms with van der Waals surface area (Å²) >= 11 is 0. The molecule has 100 valence electrons. The lowest BCUT2D eigenvalue weighted by Gasteiger charge is -2.30. The van der Waals surface area contributed by atoms with Gasteiger partial charge in [0.05, 0.1) is 8.80 Å². The summed E-state index contributed by atoms with van der Waals surface area (Å²) in [5.74, 6) is 0. The van der Waals surface area contributed by atoms with Gasteiger partial charge in [-0.2, -0.15) is 0 Å². The maximum atomic E-state index is 2.41. The topological polar surface area (TPSA) is 0 Å². The quantitative estimate of drug-likeness (QED) is 0.712. The maximum absolute atomic E-state index is 2.41. The van der Waals surface area contributed by atoms with Crippen molar-refractivity contribution in [1.29, 1.82) is 0 Å². The normalized spacial score (nSPS) is 11.8. The van der Waals surface area contributed by atoms with Crippen LogP contribution in [0.3, 0.4) is 0 Å². The average molecular weight is 268 g/mol. The summed E-state index contributed by atoms with van der Waals surface area (Å²) in [5, 5.41) is 0.464. The molecule has 2 aromatic carbocycles. The standard InChI is InChI=1S/C18H24Si/c1-18(2,3)19(14-16-10-6-4-7-11-16)15-17-12-8-5-9-13-17/h4-13,19H,14-15H2,1-3H3. The molecule has 0 aliphatic heterocycles. The van der Waals surface area contributed by atoms with Gasteiger partial charge in [-0.05, 0) is 17.1 Å². The van der Waals surface area contributed by atoms with Gasteiger partial charge in [-0.15, -0.1) is 0 Å². The monoisotopic (exact) mass is 268 g/mol. The molecule has 0 bridgehead atoms. The molecule has 0 nitrogen and oxygen atoms in total. The highest BCUT2D eigenvalue weighted by Crippen LogP contribution is 2.31. The molecule has 0 radical (unpaired) electrons. The predicted molar refractivity (Wildman–Crippen MR) is 87.2 cm³/mol. The lowest BCUT2D eigenvalue weighted by atomic mass is 10.2. The van der Waals surface area contributed by atoms with Gasteiger partial charge in [-0.1, -0.05) is 92.6 Å². The van der Waals surface area contributed by atoms with Crippen LogP contribution in [0.4, 0.5) is 0 Å². The number of rotatable bonds is 4. The third kappa shape index (κ3) is 4.36. The van der Waals surface area contributed by atoms with Crippen LogP contribution < -0.4 is 0 Å². The summed E-state index contributed by atoms with van der Waals surface area (Å²) in [6.07, 6.45) is 0. The Balaban J connectivity index is 2.13. The van der Waals surface area contributed by atoms with Gasteiger partial charge in [0.1, 0.15) is 0 Å². The smallest absolute Gasteiger partial charge is 0.0510 e. The molecule has 0 heterocycles. The second-order valence-electron chi connectivity index (χ2n) is 6.44. The van der Waals surface area contributed by atoms with Crippen LogP contribution in [0.5, 0.6) is 0 Å². The van der Waals surface area contributed by atoms with Gasteiger partial charge in [0.25, 0.3) is 0 Å². The lowest BCUT2D eigenvalue weighted by Crippen LogP contribution is -2.31. The Hall–Kier alpha value is -1.34. The number of hydrogen-bond donors (Lipinski definition) is 0. The molecule has 0 N–H and O–H groups in total. The predicted octanol–water partition coefficient (Wildman–Crippen LogP) is 4.58. The van der Waals surface area contributed by atoms with Crippen LogP contribution in [0.2, 0.25) is 5.04 Å². The third-order valence-electron chi connectivity index (χ3n) is 3.87.